The van der Waals surface area contributed by atoms with E-state index in [0.29, 0.717) is 17.7 Å². The van der Waals surface area contributed by atoms with Gasteiger partial charge < -0.3 is 10.2 Å². The summed E-state index contributed by atoms with van der Waals surface area (Å²) in [5.74, 6) is 0.247. The number of imidazole rings is 1. The molecule has 41 heavy (non-hydrogen) atoms. The van der Waals surface area contributed by atoms with Gasteiger partial charge in [0.1, 0.15) is 18.6 Å². The van der Waals surface area contributed by atoms with Crippen LogP contribution in [0, 0.1) is 11.7 Å². The minimum atomic E-state index is -0.602. The Bertz CT molecular complexity index is 1710. The summed E-state index contributed by atoms with van der Waals surface area (Å²) in [6, 6.07) is 10.5. The standard InChI is InChI=1S/C29H26ClFN8O2/c1-37-14-22(19-4-2-3-5-21(19)34-29(41)16-6-7-16)33-28(37)24-10-8-18-12-17(13-25(40)39(18)24)26-23(38-15-32-35-36-38)11-9-20(30)27(26)31/h2-5,9,11,13-16,18,24H,6-8,10,12H2,1H3,(H,34,41)/p+1/t18-,24-/m0/s1. The number of carbonyl (C=O) groups excluding carboxylic acids is 2. The number of amides is 2. The number of nitrogens with zero attached hydrogens (tertiary/aromatic N) is 6. The van der Waals surface area contributed by atoms with E-state index in [1.165, 1.54) is 23.2 Å². The minimum absolute atomic E-state index is 0.0311. The molecule has 10 nitrogen and oxygen atoms in total. The molecule has 0 unspecified atom stereocenters. The Labute approximate surface area is 239 Å². The van der Waals surface area contributed by atoms with E-state index in [2.05, 4.69) is 25.8 Å². The van der Waals surface area contributed by atoms with Gasteiger partial charge in [0.15, 0.2) is 11.5 Å². The molecule has 7 rings (SSSR count). The van der Waals surface area contributed by atoms with Crippen molar-refractivity contribution in [3.63, 3.8) is 0 Å². The summed E-state index contributed by atoms with van der Waals surface area (Å²) in [6.45, 7) is 0. The summed E-state index contributed by atoms with van der Waals surface area (Å²) in [5, 5.41) is 14.3. The van der Waals surface area contributed by atoms with Crippen molar-refractivity contribution in [2.24, 2.45) is 13.0 Å². The predicted octanol–water partition coefficient (Wildman–Crippen LogP) is 4.14. The third-order valence-corrected chi connectivity index (χ3v) is 8.50. The van der Waals surface area contributed by atoms with Crippen LogP contribution in [-0.2, 0) is 16.6 Å². The monoisotopic (exact) mass is 573 g/mol. The molecule has 0 radical (unpaired) electrons. The third kappa shape index (κ3) is 4.50. The lowest BCUT2D eigenvalue weighted by Gasteiger charge is -2.32. The van der Waals surface area contributed by atoms with Crippen LogP contribution in [-0.4, -0.2) is 47.9 Å². The summed E-state index contributed by atoms with van der Waals surface area (Å²) in [4.78, 5) is 31.5. The van der Waals surface area contributed by atoms with Crippen LogP contribution in [0.15, 0.2) is 55.0 Å². The van der Waals surface area contributed by atoms with E-state index in [4.69, 9.17) is 11.6 Å². The molecule has 1 aliphatic carbocycles. The fraction of sp³-hybridized carbons (Fsp3) is 0.310. The Balaban J connectivity index is 1.20. The molecule has 2 amide bonds. The number of halogens is 2. The van der Waals surface area contributed by atoms with Crippen LogP contribution in [0.5, 0.6) is 0 Å². The topological polar surface area (TPSA) is 113 Å². The largest absolute Gasteiger partial charge is 0.325 e. The van der Waals surface area contributed by atoms with Crippen molar-refractivity contribution in [1.29, 1.82) is 0 Å². The molecule has 4 heterocycles. The average Bonchev–Trinajstić information content (AvgIpc) is 3.32. The second kappa shape index (κ2) is 9.91. The maximum absolute atomic E-state index is 15.4. The molecule has 3 aliphatic rings. The molecule has 2 aromatic carbocycles. The van der Waals surface area contributed by atoms with Crippen LogP contribution < -0.4 is 9.88 Å². The number of aryl methyl sites for hydroxylation is 1. The Morgan fingerprint density at radius 3 is 2.78 bits per heavy atom. The van der Waals surface area contributed by atoms with E-state index in [9.17, 15) is 9.59 Å². The van der Waals surface area contributed by atoms with Gasteiger partial charge in [-0.2, -0.15) is 4.68 Å². The number of rotatable bonds is 6. The Morgan fingerprint density at radius 2 is 2.00 bits per heavy atom. The molecule has 0 bridgehead atoms. The normalized spacial score (nSPS) is 20.2. The number of para-hydroxylation sites is 1. The van der Waals surface area contributed by atoms with Gasteiger partial charge in [0.2, 0.25) is 11.8 Å². The summed E-state index contributed by atoms with van der Waals surface area (Å²) in [6.07, 6.45) is 8.73. The van der Waals surface area contributed by atoms with E-state index in [-0.39, 0.29) is 40.4 Å². The SMILES string of the molecule is C[n+]1cc(-c2ccccc2NC(=O)C2CC2)[nH]c1[C@@H]1CC[C@H]2CC(c3c(-n4cnnn4)ccc(Cl)c3F)=CC(=O)N21. The van der Waals surface area contributed by atoms with Crippen molar-refractivity contribution in [2.45, 2.75) is 44.2 Å². The molecule has 2 fully saturated rings. The van der Waals surface area contributed by atoms with Crippen LogP contribution in [0.4, 0.5) is 10.1 Å². The van der Waals surface area contributed by atoms with Gasteiger partial charge in [0, 0.05) is 29.2 Å². The molecule has 2 N–H and O–H groups in total. The molecule has 1 saturated heterocycles. The average molecular weight is 574 g/mol. The molecule has 208 valence electrons. The fourth-order valence-corrected chi connectivity index (χ4v) is 6.25. The maximum atomic E-state index is 15.4. The molecule has 1 saturated carbocycles. The lowest BCUT2D eigenvalue weighted by atomic mass is 9.92. The Kier molecular flexibility index (Phi) is 6.19. The smallest absolute Gasteiger partial charge is 0.277 e. The van der Waals surface area contributed by atoms with Crippen molar-refractivity contribution >= 4 is 34.7 Å². The number of fused-ring (bicyclic) bond motifs is 1. The van der Waals surface area contributed by atoms with Gasteiger partial charge in [-0.25, -0.2) is 13.9 Å². The minimum Gasteiger partial charge on any atom is -0.325 e. The van der Waals surface area contributed by atoms with Crippen LogP contribution in [0.2, 0.25) is 5.02 Å². The van der Waals surface area contributed by atoms with Gasteiger partial charge in [0.05, 0.1) is 23.4 Å². The van der Waals surface area contributed by atoms with Crippen molar-refractivity contribution in [2.75, 3.05) is 5.32 Å². The zero-order valence-corrected chi connectivity index (χ0v) is 23.0. The Hall–Kier alpha value is -4.38. The second-order valence-corrected chi connectivity index (χ2v) is 11.3. The molecule has 12 heteroatoms. The molecule has 2 atom stereocenters. The summed E-state index contributed by atoms with van der Waals surface area (Å²) >= 11 is 6.16. The Morgan fingerprint density at radius 1 is 1.17 bits per heavy atom. The predicted molar refractivity (Wildman–Crippen MR) is 148 cm³/mol. The van der Waals surface area contributed by atoms with E-state index in [0.717, 1.165) is 48.5 Å². The van der Waals surface area contributed by atoms with Crippen molar-refractivity contribution in [3.8, 4) is 16.9 Å². The highest BCUT2D eigenvalue weighted by atomic mass is 35.5. The zero-order valence-electron chi connectivity index (χ0n) is 22.2. The third-order valence-electron chi connectivity index (χ3n) is 8.20. The molecule has 4 aromatic rings. The van der Waals surface area contributed by atoms with Gasteiger partial charge in [-0.15, -0.1) is 5.10 Å². The first-order valence-corrected chi connectivity index (χ1v) is 14.0. The summed E-state index contributed by atoms with van der Waals surface area (Å²) < 4.78 is 18.8. The van der Waals surface area contributed by atoms with Crippen LogP contribution in [0.25, 0.3) is 22.5 Å². The number of carbonyl (C=O) groups is 2. The van der Waals surface area contributed by atoms with Crippen molar-refractivity contribution in [1.82, 2.24) is 30.1 Å². The van der Waals surface area contributed by atoms with Gasteiger partial charge in [-0.3, -0.25) is 9.59 Å². The van der Waals surface area contributed by atoms with Crippen molar-refractivity contribution in [3.05, 3.63) is 77.2 Å². The molecule has 0 spiro atoms. The highest BCUT2D eigenvalue weighted by molar-refractivity contribution is 6.31. The van der Waals surface area contributed by atoms with E-state index < -0.39 is 5.82 Å². The van der Waals surface area contributed by atoms with Crippen LogP contribution >= 0.6 is 11.6 Å². The number of aromatic nitrogens is 6. The number of hydrogen-bond acceptors (Lipinski definition) is 5. The second-order valence-electron chi connectivity index (χ2n) is 10.8. The van der Waals surface area contributed by atoms with E-state index in [1.54, 1.807) is 6.07 Å². The zero-order chi connectivity index (χ0) is 28.2. The molecule has 2 aromatic heterocycles. The summed E-state index contributed by atoms with van der Waals surface area (Å²) in [7, 11) is 1.95. The van der Waals surface area contributed by atoms with E-state index >= 15 is 4.39 Å². The van der Waals surface area contributed by atoms with Crippen LogP contribution in [0.3, 0.4) is 0 Å². The van der Waals surface area contributed by atoms with Crippen LogP contribution in [0.1, 0.15) is 49.5 Å². The fourth-order valence-electron chi connectivity index (χ4n) is 6.09. The quantitative estimate of drug-likeness (QED) is 0.337. The van der Waals surface area contributed by atoms with Gasteiger partial charge in [-0.1, -0.05) is 23.7 Å². The maximum Gasteiger partial charge on any atom is 0.277 e. The molecular weight excluding hydrogens is 547 g/mol. The van der Waals surface area contributed by atoms with E-state index in [1.807, 2.05) is 47.0 Å². The highest BCUT2D eigenvalue weighted by Crippen LogP contribution is 2.44. The number of tetrazole rings is 1. The molecular formula is C29H27ClFN8O2+. The van der Waals surface area contributed by atoms with Gasteiger partial charge >= 0.3 is 0 Å². The number of H-pyrrole nitrogens is 1. The first-order chi connectivity index (χ1) is 19.9. The number of nitrogens with one attached hydrogen (secondary N) is 2. The first kappa shape index (κ1) is 25.6. The number of benzene rings is 2. The number of hydrogen-bond donors (Lipinski definition) is 2. The lowest BCUT2D eigenvalue weighted by Crippen LogP contribution is -2.43. The van der Waals surface area contributed by atoms with Gasteiger partial charge in [-0.05, 0) is 72.4 Å². The highest BCUT2D eigenvalue weighted by Gasteiger charge is 2.45. The first-order valence-electron chi connectivity index (χ1n) is 13.6. The van der Waals surface area contributed by atoms with Gasteiger partial charge in [0.25, 0.3) is 5.82 Å². The lowest BCUT2D eigenvalue weighted by molar-refractivity contribution is -0.680. The van der Waals surface area contributed by atoms with Crippen molar-refractivity contribution < 1.29 is 18.5 Å². The number of aromatic amines is 1. The molecule has 2 aliphatic heterocycles. The summed E-state index contributed by atoms with van der Waals surface area (Å²) in [5.41, 5.74) is 3.72. The number of anilines is 1.